The van der Waals surface area contributed by atoms with E-state index in [2.05, 4.69) is 9.97 Å². The number of nitrogens with one attached hydrogen (secondary N) is 1. The molecule has 0 saturated carbocycles. The molecule has 0 unspecified atom stereocenters. The van der Waals surface area contributed by atoms with E-state index in [1.807, 2.05) is 13.0 Å². The molecule has 0 fully saturated rings. The van der Waals surface area contributed by atoms with Crippen LogP contribution in [0.3, 0.4) is 0 Å². The van der Waals surface area contributed by atoms with E-state index in [1.165, 1.54) is 12.1 Å². The van der Waals surface area contributed by atoms with Crippen molar-refractivity contribution in [3.63, 3.8) is 0 Å². The summed E-state index contributed by atoms with van der Waals surface area (Å²) in [6, 6.07) is 6.37. The molecule has 78 valence electrons. The third-order valence-electron chi connectivity index (χ3n) is 2.23. The first-order valence-electron chi connectivity index (χ1n) is 4.72. The molecule has 0 aliphatic carbocycles. The zero-order valence-electron chi connectivity index (χ0n) is 8.42. The maximum atomic E-state index is 13.0. The van der Waals surface area contributed by atoms with Gasteiger partial charge in [-0.2, -0.15) is 0 Å². The van der Waals surface area contributed by atoms with E-state index in [9.17, 15) is 4.39 Å². The summed E-state index contributed by atoms with van der Waals surface area (Å²) in [6.45, 7) is 2.25. The van der Waals surface area contributed by atoms with Gasteiger partial charge < -0.3 is 10.7 Å². The summed E-state index contributed by atoms with van der Waals surface area (Å²) in [7, 11) is 0. The molecule has 1 aromatic heterocycles. The summed E-state index contributed by atoms with van der Waals surface area (Å²) in [6.07, 6.45) is 0. The normalized spacial score (nSPS) is 10.6. The molecule has 0 atom stereocenters. The number of nitrogens with zero attached hydrogens (tertiary/aromatic N) is 1. The predicted octanol–water partition coefficient (Wildman–Crippen LogP) is 1.98. The minimum atomic E-state index is -0.260. The zero-order valence-corrected chi connectivity index (χ0v) is 8.42. The molecule has 0 aliphatic rings. The molecule has 0 spiro atoms. The molecular formula is C11H12FN3. The van der Waals surface area contributed by atoms with Crippen molar-refractivity contribution < 1.29 is 4.39 Å². The van der Waals surface area contributed by atoms with Gasteiger partial charge in [-0.3, -0.25) is 0 Å². The lowest BCUT2D eigenvalue weighted by Crippen LogP contribution is -1.97. The maximum Gasteiger partial charge on any atom is 0.123 e. The Labute approximate surface area is 87.2 Å². The second kappa shape index (κ2) is 3.82. The van der Waals surface area contributed by atoms with Crippen LogP contribution in [0.4, 0.5) is 4.39 Å². The maximum absolute atomic E-state index is 13.0. The molecule has 0 aliphatic heterocycles. The van der Waals surface area contributed by atoms with Gasteiger partial charge in [0.05, 0.1) is 12.2 Å². The number of aromatic nitrogens is 2. The smallest absolute Gasteiger partial charge is 0.123 e. The first kappa shape index (κ1) is 9.86. The monoisotopic (exact) mass is 205 g/mol. The van der Waals surface area contributed by atoms with Crippen LogP contribution in [0.1, 0.15) is 11.5 Å². The number of imidazole rings is 1. The molecule has 2 rings (SSSR count). The Morgan fingerprint density at radius 2 is 2.27 bits per heavy atom. The average molecular weight is 205 g/mol. The van der Waals surface area contributed by atoms with Gasteiger partial charge in [-0.25, -0.2) is 9.37 Å². The Balaban J connectivity index is 2.48. The third-order valence-corrected chi connectivity index (χ3v) is 2.23. The lowest BCUT2D eigenvalue weighted by Gasteiger charge is -1.97. The van der Waals surface area contributed by atoms with Crippen molar-refractivity contribution in [2.45, 2.75) is 13.5 Å². The first-order valence-corrected chi connectivity index (χ1v) is 4.72. The Bertz CT molecular complexity index is 476. The van der Waals surface area contributed by atoms with Crippen LogP contribution < -0.4 is 5.73 Å². The Morgan fingerprint density at radius 1 is 1.47 bits per heavy atom. The van der Waals surface area contributed by atoms with Gasteiger partial charge in [0.2, 0.25) is 0 Å². The second-order valence-electron chi connectivity index (χ2n) is 3.37. The summed E-state index contributed by atoms with van der Waals surface area (Å²) in [4.78, 5) is 7.35. The number of rotatable bonds is 2. The summed E-state index contributed by atoms with van der Waals surface area (Å²) < 4.78 is 13.0. The summed E-state index contributed by atoms with van der Waals surface area (Å²) in [5.74, 6) is 0.455. The lowest BCUT2D eigenvalue weighted by atomic mass is 10.1. The van der Waals surface area contributed by atoms with E-state index in [1.54, 1.807) is 6.07 Å². The molecule has 15 heavy (non-hydrogen) atoms. The average Bonchev–Trinajstić information content (AvgIpc) is 2.60. The number of halogens is 1. The van der Waals surface area contributed by atoms with Crippen molar-refractivity contribution in [3.8, 4) is 11.3 Å². The van der Waals surface area contributed by atoms with Gasteiger partial charge >= 0.3 is 0 Å². The fraction of sp³-hybridized carbons (Fsp3) is 0.182. The predicted molar refractivity (Wildman–Crippen MR) is 56.6 cm³/mol. The van der Waals surface area contributed by atoms with Gasteiger partial charge in [-0.15, -0.1) is 0 Å². The van der Waals surface area contributed by atoms with Crippen molar-refractivity contribution in [2.24, 2.45) is 5.73 Å². The molecule has 3 nitrogen and oxygen atoms in total. The molecule has 1 aromatic carbocycles. The van der Waals surface area contributed by atoms with E-state index < -0.39 is 0 Å². The molecule has 3 N–H and O–H groups in total. The van der Waals surface area contributed by atoms with E-state index in [4.69, 9.17) is 5.73 Å². The highest BCUT2D eigenvalue weighted by atomic mass is 19.1. The molecule has 0 bridgehead atoms. The van der Waals surface area contributed by atoms with E-state index in [0.29, 0.717) is 12.4 Å². The van der Waals surface area contributed by atoms with Crippen molar-refractivity contribution in [3.05, 3.63) is 41.6 Å². The van der Waals surface area contributed by atoms with Crippen LogP contribution in [-0.4, -0.2) is 9.97 Å². The number of aromatic amines is 1. The Kier molecular flexibility index (Phi) is 2.51. The van der Waals surface area contributed by atoms with Crippen LogP contribution in [0.15, 0.2) is 24.3 Å². The highest BCUT2D eigenvalue weighted by Crippen LogP contribution is 2.21. The number of hydrogen-bond donors (Lipinski definition) is 2. The highest BCUT2D eigenvalue weighted by Gasteiger charge is 2.08. The molecule has 0 amide bonds. The molecule has 4 heteroatoms. The first-order chi connectivity index (χ1) is 7.20. The van der Waals surface area contributed by atoms with Gasteiger partial charge in [0.15, 0.2) is 0 Å². The lowest BCUT2D eigenvalue weighted by molar-refractivity contribution is 0.628. The van der Waals surface area contributed by atoms with Gasteiger partial charge in [-0.1, -0.05) is 12.1 Å². The van der Waals surface area contributed by atoms with E-state index in [0.717, 1.165) is 17.0 Å². The van der Waals surface area contributed by atoms with Gasteiger partial charge in [0.25, 0.3) is 0 Å². The van der Waals surface area contributed by atoms with Crippen molar-refractivity contribution >= 4 is 0 Å². The van der Waals surface area contributed by atoms with Crippen LogP contribution >= 0.6 is 0 Å². The van der Waals surface area contributed by atoms with E-state index >= 15 is 0 Å². The van der Waals surface area contributed by atoms with Crippen LogP contribution in [0.2, 0.25) is 0 Å². The Hall–Kier alpha value is -1.68. The number of aryl methyl sites for hydroxylation is 1. The quantitative estimate of drug-likeness (QED) is 0.787. The Morgan fingerprint density at radius 3 is 2.87 bits per heavy atom. The third kappa shape index (κ3) is 1.89. The number of H-pyrrole nitrogens is 1. The fourth-order valence-electron chi connectivity index (χ4n) is 1.54. The van der Waals surface area contributed by atoms with E-state index in [-0.39, 0.29) is 5.82 Å². The SMILES string of the molecule is Cc1[nH]c(CN)nc1-c1cccc(F)c1. The van der Waals surface area contributed by atoms with Gasteiger partial charge in [0, 0.05) is 11.3 Å². The van der Waals surface area contributed by atoms with Gasteiger partial charge in [0.1, 0.15) is 11.6 Å². The van der Waals surface area contributed by atoms with Crippen molar-refractivity contribution in [2.75, 3.05) is 0 Å². The molecule has 0 radical (unpaired) electrons. The van der Waals surface area contributed by atoms with Crippen molar-refractivity contribution in [1.29, 1.82) is 0 Å². The zero-order chi connectivity index (χ0) is 10.8. The number of hydrogen-bond acceptors (Lipinski definition) is 2. The molecule has 1 heterocycles. The number of benzene rings is 1. The van der Waals surface area contributed by atoms with Crippen LogP contribution in [0, 0.1) is 12.7 Å². The summed E-state index contributed by atoms with van der Waals surface area (Å²) >= 11 is 0. The fourth-order valence-corrected chi connectivity index (χ4v) is 1.54. The van der Waals surface area contributed by atoms with Crippen molar-refractivity contribution in [1.82, 2.24) is 9.97 Å². The minimum absolute atomic E-state index is 0.260. The number of nitrogens with two attached hydrogens (primary N) is 1. The second-order valence-corrected chi connectivity index (χ2v) is 3.37. The minimum Gasteiger partial charge on any atom is -0.344 e. The van der Waals surface area contributed by atoms with Crippen LogP contribution in [-0.2, 0) is 6.54 Å². The summed E-state index contributed by atoms with van der Waals surface area (Å²) in [5.41, 5.74) is 7.90. The van der Waals surface area contributed by atoms with Crippen LogP contribution in [0.5, 0.6) is 0 Å². The molecular weight excluding hydrogens is 193 g/mol. The molecule has 0 saturated heterocycles. The van der Waals surface area contributed by atoms with Crippen LogP contribution in [0.25, 0.3) is 11.3 Å². The van der Waals surface area contributed by atoms with Gasteiger partial charge in [-0.05, 0) is 19.1 Å². The standard InChI is InChI=1S/C11H12FN3/c1-7-11(15-10(6-13)14-7)8-3-2-4-9(12)5-8/h2-5H,6,13H2,1H3,(H,14,15). The highest BCUT2D eigenvalue weighted by molar-refractivity contribution is 5.61. The summed E-state index contributed by atoms with van der Waals surface area (Å²) in [5, 5.41) is 0. The largest absolute Gasteiger partial charge is 0.344 e. The molecule has 2 aromatic rings. The topological polar surface area (TPSA) is 54.7 Å².